The second-order valence-corrected chi connectivity index (χ2v) is 8.02. The van der Waals surface area contributed by atoms with Crippen molar-refractivity contribution in [3.05, 3.63) is 65.3 Å². The zero-order chi connectivity index (χ0) is 22.5. The van der Waals surface area contributed by atoms with Crippen LogP contribution in [0.5, 0.6) is 5.88 Å². The molecule has 2 aromatic rings. The van der Waals surface area contributed by atoms with Crippen LogP contribution < -0.4 is 15.8 Å². The Morgan fingerprint density at radius 2 is 2.09 bits per heavy atom. The largest absolute Gasteiger partial charge is 0.439 e. The summed E-state index contributed by atoms with van der Waals surface area (Å²) in [5.74, 6) is 1.87. The molecule has 0 atom stereocenters. The zero-order valence-electron chi connectivity index (χ0n) is 18.3. The topological polar surface area (TPSA) is 104 Å². The molecule has 0 unspecified atom stereocenters. The van der Waals surface area contributed by atoms with Gasteiger partial charge in [0.15, 0.2) is 0 Å². The summed E-state index contributed by atoms with van der Waals surface area (Å²) in [4.78, 5) is 15.5. The zero-order valence-corrected chi connectivity index (χ0v) is 18.3. The highest BCUT2D eigenvalue weighted by Crippen LogP contribution is 2.41. The Labute approximate surface area is 187 Å². The molecule has 8 nitrogen and oxygen atoms in total. The van der Waals surface area contributed by atoms with Gasteiger partial charge in [-0.3, -0.25) is 4.79 Å². The Balaban J connectivity index is 1.54. The molecule has 1 aromatic carbocycles. The number of allylic oxidation sites excluding steroid dienone is 2. The third kappa shape index (κ3) is 5.26. The van der Waals surface area contributed by atoms with Crippen LogP contribution in [0, 0.1) is 0 Å². The number of rotatable bonds is 9. The lowest BCUT2D eigenvalue weighted by Crippen LogP contribution is -2.21. The van der Waals surface area contributed by atoms with Crippen LogP contribution in [0.2, 0.25) is 0 Å². The molecule has 1 aliphatic carbocycles. The van der Waals surface area contributed by atoms with Gasteiger partial charge in [0.05, 0.1) is 11.7 Å². The van der Waals surface area contributed by atoms with Crippen molar-refractivity contribution in [1.29, 1.82) is 0 Å². The number of nitrogens with zero attached hydrogens (tertiary/aromatic N) is 3. The van der Waals surface area contributed by atoms with Crippen LogP contribution in [0.4, 0.5) is 5.69 Å². The average molecular weight is 436 g/mol. The minimum Gasteiger partial charge on any atom is -0.439 e. The van der Waals surface area contributed by atoms with Crippen molar-refractivity contribution in [1.82, 2.24) is 9.78 Å². The van der Waals surface area contributed by atoms with Crippen LogP contribution in [0.25, 0.3) is 0 Å². The molecular weight excluding hydrogens is 406 g/mol. The standard InChI is InChI=1S/C24H29N5O3/c1-3-20(14-22(26-2)27-18-6-4-5-17(13-18)24(25)30)32-23-15-21(16-7-8-16)28-29(23)19-9-11-31-12-10-19/h3-6,13-16,19,27H,2,7-12H2,1H3,(H2,25,30)/b20-3+,22-14+. The van der Waals surface area contributed by atoms with E-state index in [0.29, 0.717) is 28.7 Å². The number of hydrogen-bond acceptors (Lipinski definition) is 6. The molecule has 0 spiro atoms. The first kappa shape index (κ1) is 21.8. The van der Waals surface area contributed by atoms with E-state index in [1.165, 1.54) is 12.8 Å². The first-order valence-electron chi connectivity index (χ1n) is 10.9. The number of primary amides is 1. The summed E-state index contributed by atoms with van der Waals surface area (Å²) in [6.45, 7) is 7.02. The van der Waals surface area contributed by atoms with Gasteiger partial charge in [0.2, 0.25) is 11.8 Å². The molecule has 2 heterocycles. The Hall–Kier alpha value is -3.39. The molecule has 32 heavy (non-hydrogen) atoms. The monoisotopic (exact) mass is 435 g/mol. The number of carbonyl (C=O) groups excluding carboxylic acids is 1. The lowest BCUT2D eigenvalue weighted by Gasteiger charge is -2.24. The Bertz CT molecular complexity index is 1050. The molecule has 1 aromatic heterocycles. The highest BCUT2D eigenvalue weighted by Gasteiger charge is 2.30. The molecule has 0 bridgehead atoms. The third-order valence-electron chi connectivity index (χ3n) is 5.63. The minimum absolute atomic E-state index is 0.264. The number of hydrogen-bond donors (Lipinski definition) is 2. The molecule has 1 saturated carbocycles. The normalized spacial score (nSPS) is 17.8. The third-order valence-corrected chi connectivity index (χ3v) is 5.63. The fourth-order valence-corrected chi connectivity index (χ4v) is 3.69. The van der Waals surface area contributed by atoms with Gasteiger partial charge in [-0.25, -0.2) is 9.67 Å². The summed E-state index contributed by atoms with van der Waals surface area (Å²) < 4.78 is 13.8. The van der Waals surface area contributed by atoms with E-state index in [1.807, 2.05) is 23.7 Å². The first-order valence-corrected chi connectivity index (χ1v) is 10.9. The van der Waals surface area contributed by atoms with Gasteiger partial charge in [0.25, 0.3) is 0 Å². The quantitative estimate of drug-likeness (QED) is 0.350. The number of nitrogens with two attached hydrogens (primary N) is 1. The van der Waals surface area contributed by atoms with Crippen molar-refractivity contribution in [3.63, 3.8) is 0 Å². The SMILES string of the molecule is C=N/C(=C\C(=C/C)Oc1cc(C2CC2)nn1C1CCOCC1)Nc1cccc(C(N)=O)c1. The van der Waals surface area contributed by atoms with Crippen molar-refractivity contribution in [2.24, 2.45) is 10.7 Å². The minimum atomic E-state index is -0.490. The van der Waals surface area contributed by atoms with E-state index in [-0.39, 0.29) is 6.04 Å². The van der Waals surface area contributed by atoms with Crippen LogP contribution >= 0.6 is 0 Å². The van der Waals surface area contributed by atoms with E-state index in [4.69, 9.17) is 20.3 Å². The molecule has 1 saturated heterocycles. The maximum Gasteiger partial charge on any atom is 0.248 e. The van der Waals surface area contributed by atoms with Crippen molar-refractivity contribution >= 4 is 18.3 Å². The fraction of sp³-hybridized carbons (Fsp3) is 0.375. The smallest absolute Gasteiger partial charge is 0.248 e. The summed E-state index contributed by atoms with van der Waals surface area (Å²) in [7, 11) is 0. The molecule has 0 radical (unpaired) electrons. The number of aliphatic imine (C=N–C) groups is 1. The van der Waals surface area contributed by atoms with Crippen LogP contribution in [0.15, 0.2) is 59.1 Å². The van der Waals surface area contributed by atoms with Gasteiger partial charge >= 0.3 is 0 Å². The van der Waals surface area contributed by atoms with Crippen LogP contribution in [-0.2, 0) is 4.74 Å². The van der Waals surface area contributed by atoms with Crippen molar-refractivity contribution < 1.29 is 14.3 Å². The van der Waals surface area contributed by atoms with Gasteiger partial charge in [-0.2, -0.15) is 5.10 Å². The summed E-state index contributed by atoms with van der Waals surface area (Å²) >= 11 is 0. The van der Waals surface area contributed by atoms with E-state index in [9.17, 15) is 4.79 Å². The van der Waals surface area contributed by atoms with Gasteiger partial charge in [-0.1, -0.05) is 6.07 Å². The number of ether oxygens (including phenoxy) is 2. The fourth-order valence-electron chi connectivity index (χ4n) is 3.69. The van der Waals surface area contributed by atoms with Crippen molar-refractivity contribution in [2.75, 3.05) is 18.5 Å². The molecule has 1 amide bonds. The maximum absolute atomic E-state index is 11.5. The molecule has 168 valence electrons. The van der Waals surface area contributed by atoms with Crippen LogP contribution in [0.1, 0.15) is 60.6 Å². The maximum atomic E-state index is 11.5. The highest BCUT2D eigenvalue weighted by atomic mass is 16.5. The van der Waals surface area contributed by atoms with Crippen LogP contribution in [0.3, 0.4) is 0 Å². The van der Waals surface area contributed by atoms with E-state index in [2.05, 4.69) is 23.1 Å². The average Bonchev–Trinajstić information content (AvgIpc) is 3.59. The molecular formula is C24H29N5O3. The molecule has 2 fully saturated rings. The molecule has 2 aliphatic rings. The molecule has 1 aliphatic heterocycles. The Morgan fingerprint density at radius 3 is 2.75 bits per heavy atom. The lowest BCUT2D eigenvalue weighted by molar-refractivity contribution is 0.0639. The summed E-state index contributed by atoms with van der Waals surface area (Å²) in [6.07, 6.45) is 7.83. The second kappa shape index (κ2) is 9.82. The molecule has 4 rings (SSSR count). The van der Waals surface area contributed by atoms with Crippen LogP contribution in [-0.4, -0.2) is 35.6 Å². The predicted molar refractivity (Wildman–Crippen MR) is 124 cm³/mol. The van der Waals surface area contributed by atoms with Gasteiger partial charge < -0.3 is 20.5 Å². The summed E-state index contributed by atoms with van der Waals surface area (Å²) in [5, 5.41) is 8.02. The van der Waals surface area contributed by atoms with E-state index < -0.39 is 5.91 Å². The van der Waals surface area contributed by atoms with E-state index in [0.717, 1.165) is 37.6 Å². The number of anilines is 1. The number of nitrogens with one attached hydrogen (secondary N) is 1. The number of amides is 1. The van der Waals surface area contributed by atoms with Crippen molar-refractivity contribution in [2.45, 2.75) is 44.6 Å². The predicted octanol–water partition coefficient (Wildman–Crippen LogP) is 4.15. The van der Waals surface area contributed by atoms with Gasteiger partial charge in [0, 0.05) is 42.5 Å². The summed E-state index contributed by atoms with van der Waals surface area (Å²) in [5.41, 5.74) is 7.56. The lowest BCUT2D eigenvalue weighted by atomic mass is 10.1. The number of aromatic nitrogens is 2. The van der Waals surface area contributed by atoms with Gasteiger partial charge in [-0.15, -0.1) is 0 Å². The highest BCUT2D eigenvalue weighted by molar-refractivity contribution is 5.93. The number of benzene rings is 1. The van der Waals surface area contributed by atoms with Gasteiger partial charge in [0.1, 0.15) is 11.6 Å². The number of carbonyl (C=O) groups is 1. The van der Waals surface area contributed by atoms with E-state index >= 15 is 0 Å². The molecule has 8 heteroatoms. The Morgan fingerprint density at radius 1 is 1.31 bits per heavy atom. The first-order chi connectivity index (χ1) is 15.6. The van der Waals surface area contributed by atoms with Crippen molar-refractivity contribution in [3.8, 4) is 5.88 Å². The second-order valence-electron chi connectivity index (χ2n) is 8.02. The molecule has 3 N–H and O–H groups in total. The Kier molecular flexibility index (Phi) is 6.70. The van der Waals surface area contributed by atoms with E-state index in [1.54, 1.807) is 24.3 Å². The van der Waals surface area contributed by atoms with Gasteiger partial charge in [-0.05, 0) is 63.6 Å². The summed E-state index contributed by atoms with van der Waals surface area (Å²) in [6, 6.07) is 9.22.